The number of carbonyl (C=O) groups is 1. The SMILES string of the molecule is CC(C)CN(Cc1c(F)cccc1Cl)C(=O)CN. The normalized spacial score (nSPS) is 10.8. The van der Waals surface area contributed by atoms with Gasteiger partial charge in [0, 0.05) is 17.1 Å². The van der Waals surface area contributed by atoms with E-state index in [0.717, 1.165) is 0 Å². The summed E-state index contributed by atoms with van der Waals surface area (Å²) in [6.45, 7) is 4.57. The summed E-state index contributed by atoms with van der Waals surface area (Å²) < 4.78 is 13.7. The van der Waals surface area contributed by atoms with E-state index in [1.807, 2.05) is 13.8 Å². The first-order valence-corrected chi connectivity index (χ1v) is 6.24. The molecule has 100 valence electrons. The fraction of sp³-hybridized carbons (Fsp3) is 0.462. The van der Waals surface area contributed by atoms with E-state index in [0.29, 0.717) is 17.1 Å². The first kappa shape index (κ1) is 14.9. The van der Waals surface area contributed by atoms with E-state index in [9.17, 15) is 9.18 Å². The highest BCUT2D eigenvalue weighted by Crippen LogP contribution is 2.21. The Bertz CT molecular complexity index is 403. The molecule has 0 spiro atoms. The van der Waals surface area contributed by atoms with Gasteiger partial charge in [-0.2, -0.15) is 0 Å². The average Bonchev–Trinajstić information content (AvgIpc) is 2.31. The highest BCUT2D eigenvalue weighted by Gasteiger charge is 2.17. The number of hydrogen-bond donors (Lipinski definition) is 1. The van der Waals surface area contributed by atoms with E-state index >= 15 is 0 Å². The molecule has 0 heterocycles. The van der Waals surface area contributed by atoms with Crippen molar-refractivity contribution in [3.63, 3.8) is 0 Å². The van der Waals surface area contributed by atoms with Crippen molar-refractivity contribution in [2.75, 3.05) is 13.1 Å². The first-order chi connectivity index (χ1) is 8.45. The third-order valence-electron chi connectivity index (χ3n) is 2.52. The molecule has 1 rings (SSSR count). The van der Waals surface area contributed by atoms with E-state index < -0.39 is 5.82 Å². The number of rotatable bonds is 5. The van der Waals surface area contributed by atoms with Gasteiger partial charge in [0.25, 0.3) is 0 Å². The predicted molar refractivity (Wildman–Crippen MR) is 70.7 cm³/mol. The molecule has 0 aliphatic heterocycles. The zero-order chi connectivity index (χ0) is 13.7. The largest absolute Gasteiger partial charge is 0.337 e. The molecular weight excluding hydrogens is 255 g/mol. The predicted octanol–water partition coefficient (Wildman–Crippen LogP) is 2.42. The smallest absolute Gasteiger partial charge is 0.236 e. The lowest BCUT2D eigenvalue weighted by molar-refractivity contribution is -0.130. The summed E-state index contributed by atoms with van der Waals surface area (Å²) in [5, 5.41) is 0.327. The minimum Gasteiger partial charge on any atom is -0.337 e. The Balaban J connectivity index is 2.92. The molecule has 0 fully saturated rings. The first-order valence-electron chi connectivity index (χ1n) is 5.86. The van der Waals surface area contributed by atoms with E-state index in [2.05, 4.69) is 0 Å². The molecule has 0 unspecified atom stereocenters. The van der Waals surface area contributed by atoms with Crippen molar-refractivity contribution < 1.29 is 9.18 Å². The number of benzene rings is 1. The number of nitrogens with two attached hydrogens (primary N) is 1. The van der Waals surface area contributed by atoms with Crippen LogP contribution in [0.1, 0.15) is 19.4 Å². The third kappa shape index (κ3) is 3.96. The van der Waals surface area contributed by atoms with Crippen LogP contribution >= 0.6 is 11.6 Å². The second kappa shape index (κ2) is 6.71. The second-order valence-corrected chi connectivity index (χ2v) is 4.98. The van der Waals surface area contributed by atoms with Gasteiger partial charge in [0.1, 0.15) is 5.82 Å². The summed E-state index contributed by atoms with van der Waals surface area (Å²) in [6.07, 6.45) is 0. The lowest BCUT2D eigenvalue weighted by atomic mass is 10.1. The maximum absolute atomic E-state index is 13.7. The fourth-order valence-corrected chi connectivity index (χ4v) is 1.92. The van der Waals surface area contributed by atoms with Crippen molar-refractivity contribution in [1.82, 2.24) is 4.90 Å². The van der Waals surface area contributed by atoms with Gasteiger partial charge in [-0.3, -0.25) is 4.79 Å². The Morgan fingerprint density at radius 3 is 2.67 bits per heavy atom. The van der Waals surface area contributed by atoms with Crippen molar-refractivity contribution in [2.45, 2.75) is 20.4 Å². The Morgan fingerprint density at radius 2 is 2.17 bits per heavy atom. The van der Waals surface area contributed by atoms with Crippen LogP contribution in [0.25, 0.3) is 0 Å². The van der Waals surface area contributed by atoms with Crippen LogP contribution in [0.15, 0.2) is 18.2 Å². The number of hydrogen-bond acceptors (Lipinski definition) is 2. The molecule has 0 aliphatic carbocycles. The Kier molecular flexibility index (Phi) is 5.56. The van der Waals surface area contributed by atoms with Crippen molar-refractivity contribution in [3.8, 4) is 0 Å². The van der Waals surface area contributed by atoms with E-state index in [1.165, 1.54) is 11.0 Å². The molecule has 1 aromatic carbocycles. The number of carbonyl (C=O) groups excluding carboxylic acids is 1. The minimum atomic E-state index is -0.402. The molecule has 3 nitrogen and oxygen atoms in total. The number of nitrogens with zero attached hydrogens (tertiary/aromatic N) is 1. The van der Waals surface area contributed by atoms with Crippen molar-refractivity contribution in [1.29, 1.82) is 0 Å². The van der Waals surface area contributed by atoms with Gasteiger partial charge in [-0.05, 0) is 18.1 Å². The topological polar surface area (TPSA) is 46.3 Å². The molecule has 1 amide bonds. The fourth-order valence-electron chi connectivity index (χ4n) is 1.70. The molecule has 2 N–H and O–H groups in total. The van der Waals surface area contributed by atoms with Crippen LogP contribution in [0.5, 0.6) is 0 Å². The van der Waals surface area contributed by atoms with Crippen LogP contribution in [0.3, 0.4) is 0 Å². The Hall–Kier alpha value is -1.13. The monoisotopic (exact) mass is 272 g/mol. The molecule has 0 atom stereocenters. The molecular formula is C13H18ClFN2O. The molecule has 0 saturated heterocycles. The maximum Gasteiger partial charge on any atom is 0.236 e. The summed E-state index contributed by atoms with van der Waals surface area (Å²) in [5.74, 6) is -0.324. The van der Waals surface area contributed by atoms with Crippen molar-refractivity contribution >= 4 is 17.5 Å². The van der Waals surface area contributed by atoms with Gasteiger partial charge in [-0.15, -0.1) is 0 Å². The summed E-state index contributed by atoms with van der Waals surface area (Å²) in [7, 11) is 0. The molecule has 0 aromatic heterocycles. The molecule has 0 radical (unpaired) electrons. The molecule has 5 heteroatoms. The lowest BCUT2D eigenvalue weighted by Gasteiger charge is -2.24. The Morgan fingerprint density at radius 1 is 1.50 bits per heavy atom. The van der Waals surface area contributed by atoms with Crippen LogP contribution in [0.4, 0.5) is 4.39 Å². The van der Waals surface area contributed by atoms with Gasteiger partial charge >= 0.3 is 0 Å². The average molecular weight is 273 g/mol. The zero-order valence-electron chi connectivity index (χ0n) is 10.6. The van der Waals surface area contributed by atoms with Crippen molar-refractivity contribution in [2.24, 2.45) is 11.7 Å². The van der Waals surface area contributed by atoms with E-state index in [1.54, 1.807) is 12.1 Å². The van der Waals surface area contributed by atoms with E-state index in [-0.39, 0.29) is 24.9 Å². The number of halogens is 2. The summed E-state index contributed by atoms with van der Waals surface area (Å²) >= 11 is 5.95. The lowest BCUT2D eigenvalue weighted by Crippen LogP contribution is -2.38. The van der Waals surface area contributed by atoms with Crippen LogP contribution in [0, 0.1) is 11.7 Å². The van der Waals surface area contributed by atoms with Crippen molar-refractivity contribution in [3.05, 3.63) is 34.6 Å². The van der Waals surface area contributed by atoms with Crippen LogP contribution < -0.4 is 5.73 Å². The second-order valence-electron chi connectivity index (χ2n) is 4.57. The molecule has 0 bridgehead atoms. The summed E-state index contributed by atoms with van der Waals surface area (Å²) in [5.41, 5.74) is 5.70. The van der Waals surface area contributed by atoms with Gasteiger partial charge in [-0.1, -0.05) is 31.5 Å². The molecule has 1 aromatic rings. The quantitative estimate of drug-likeness (QED) is 0.895. The van der Waals surface area contributed by atoms with Gasteiger partial charge in [0.15, 0.2) is 0 Å². The van der Waals surface area contributed by atoms with Gasteiger partial charge < -0.3 is 10.6 Å². The van der Waals surface area contributed by atoms with Gasteiger partial charge in [0.2, 0.25) is 5.91 Å². The number of amides is 1. The Labute approximate surface area is 112 Å². The van der Waals surface area contributed by atoms with Gasteiger partial charge in [-0.25, -0.2) is 4.39 Å². The van der Waals surface area contributed by atoms with Gasteiger partial charge in [0.05, 0.1) is 13.1 Å². The van der Waals surface area contributed by atoms with Crippen LogP contribution in [-0.2, 0) is 11.3 Å². The molecule has 0 saturated carbocycles. The summed E-state index contributed by atoms with van der Waals surface area (Å²) in [4.78, 5) is 13.2. The highest BCUT2D eigenvalue weighted by molar-refractivity contribution is 6.31. The molecule has 18 heavy (non-hydrogen) atoms. The summed E-state index contributed by atoms with van der Waals surface area (Å²) in [6, 6.07) is 4.49. The minimum absolute atomic E-state index is 0.0845. The standard InChI is InChI=1S/C13H18ClFN2O/c1-9(2)7-17(13(18)6-16)8-10-11(14)4-3-5-12(10)15/h3-5,9H,6-8,16H2,1-2H3. The van der Waals surface area contributed by atoms with Crippen LogP contribution in [0.2, 0.25) is 5.02 Å². The van der Waals surface area contributed by atoms with E-state index in [4.69, 9.17) is 17.3 Å². The third-order valence-corrected chi connectivity index (χ3v) is 2.88. The molecule has 0 aliphatic rings. The highest BCUT2D eigenvalue weighted by atomic mass is 35.5. The maximum atomic E-state index is 13.7. The zero-order valence-corrected chi connectivity index (χ0v) is 11.4. The van der Waals surface area contributed by atoms with Crippen LogP contribution in [-0.4, -0.2) is 23.9 Å².